The number of hydrogen-bond donors (Lipinski definition) is 2. The number of rotatable bonds is 7. The number of aromatic hydroxyl groups is 1. The van der Waals surface area contributed by atoms with Gasteiger partial charge < -0.3 is 15.2 Å². The molecule has 0 atom stereocenters. The van der Waals surface area contributed by atoms with Crippen LogP contribution < -0.4 is 10.1 Å². The third-order valence-electron chi connectivity index (χ3n) is 3.12. The Kier molecular flexibility index (Phi) is 5.77. The largest absolute Gasteiger partial charge is 0.508 e. The molecule has 0 radical (unpaired) electrons. The zero-order valence-corrected chi connectivity index (χ0v) is 12.1. The van der Waals surface area contributed by atoms with E-state index in [0.29, 0.717) is 31.7 Å². The number of hydrogen-bond acceptors (Lipinski definition) is 3. The Morgan fingerprint density at radius 2 is 1.86 bits per heavy atom. The van der Waals surface area contributed by atoms with E-state index in [1.807, 2.05) is 6.07 Å². The minimum absolute atomic E-state index is 0.106. The molecule has 0 aliphatic carbocycles. The zero-order chi connectivity index (χ0) is 15.8. The van der Waals surface area contributed by atoms with Crippen molar-refractivity contribution < 1.29 is 19.0 Å². The lowest BCUT2D eigenvalue weighted by Gasteiger charge is -2.08. The summed E-state index contributed by atoms with van der Waals surface area (Å²) in [6.45, 7) is 0.685. The number of amides is 1. The average Bonchev–Trinajstić information content (AvgIpc) is 2.52. The lowest BCUT2D eigenvalue weighted by Crippen LogP contribution is -2.28. The molecule has 116 valence electrons. The van der Waals surface area contributed by atoms with Crippen molar-refractivity contribution in [1.29, 1.82) is 0 Å². The number of phenolic OH excluding ortho intramolecular Hbond substituents is 1. The molecule has 0 aliphatic heterocycles. The lowest BCUT2D eigenvalue weighted by molar-refractivity contribution is -0.121. The van der Waals surface area contributed by atoms with Gasteiger partial charge in [0.15, 0.2) is 0 Å². The maximum atomic E-state index is 12.7. The third-order valence-corrected chi connectivity index (χ3v) is 3.12. The van der Waals surface area contributed by atoms with Gasteiger partial charge in [0.1, 0.15) is 23.9 Å². The molecule has 2 N–H and O–H groups in total. The summed E-state index contributed by atoms with van der Waals surface area (Å²) >= 11 is 0. The van der Waals surface area contributed by atoms with Gasteiger partial charge in [-0.25, -0.2) is 4.39 Å². The van der Waals surface area contributed by atoms with Gasteiger partial charge >= 0.3 is 0 Å². The highest BCUT2D eigenvalue weighted by Gasteiger charge is 2.05. The van der Waals surface area contributed by atoms with E-state index in [0.717, 1.165) is 5.56 Å². The molecule has 0 fully saturated rings. The lowest BCUT2D eigenvalue weighted by atomic mass is 10.1. The summed E-state index contributed by atoms with van der Waals surface area (Å²) in [5.41, 5.74) is 0.750. The first-order chi connectivity index (χ1) is 10.6. The van der Waals surface area contributed by atoms with Crippen LogP contribution in [-0.2, 0) is 11.2 Å². The van der Waals surface area contributed by atoms with Gasteiger partial charge in [-0.05, 0) is 42.3 Å². The Balaban J connectivity index is 1.64. The minimum Gasteiger partial charge on any atom is -0.508 e. The quantitative estimate of drug-likeness (QED) is 0.773. The molecule has 2 rings (SSSR count). The molecule has 0 aliphatic rings. The highest BCUT2D eigenvalue weighted by atomic mass is 19.1. The molecule has 2 aromatic carbocycles. The Morgan fingerprint density at radius 1 is 1.14 bits per heavy atom. The molecule has 0 saturated carbocycles. The first kappa shape index (κ1) is 15.8. The van der Waals surface area contributed by atoms with Crippen LogP contribution in [0, 0.1) is 5.82 Å². The van der Waals surface area contributed by atoms with E-state index in [1.165, 1.54) is 24.3 Å². The van der Waals surface area contributed by atoms with Crippen LogP contribution in [0.2, 0.25) is 0 Å². The van der Waals surface area contributed by atoms with Crippen molar-refractivity contribution in [3.63, 3.8) is 0 Å². The monoisotopic (exact) mass is 303 g/mol. The van der Waals surface area contributed by atoms with Crippen LogP contribution in [0.5, 0.6) is 11.5 Å². The molecule has 5 heteroatoms. The Hall–Kier alpha value is -2.56. The van der Waals surface area contributed by atoms with Gasteiger partial charge in [0.05, 0.1) is 6.54 Å². The number of carbonyl (C=O) groups is 1. The summed E-state index contributed by atoms with van der Waals surface area (Å²) < 4.78 is 18.1. The predicted molar refractivity (Wildman–Crippen MR) is 81.3 cm³/mol. The van der Waals surface area contributed by atoms with Crippen molar-refractivity contribution in [3.05, 3.63) is 59.9 Å². The molecular formula is C17H18FNO3. The fourth-order valence-electron chi connectivity index (χ4n) is 1.95. The second-order valence-corrected chi connectivity index (χ2v) is 4.78. The normalized spacial score (nSPS) is 10.2. The van der Waals surface area contributed by atoms with Crippen molar-refractivity contribution in [3.8, 4) is 11.5 Å². The zero-order valence-electron chi connectivity index (χ0n) is 12.1. The molecule has 22 heavy (non-hydrogen) atoms. The van der Waals surface area contributed by atoms with Gasteiger partial charge in [-0.2, -0.15) is 0 Å². The van der Waals surface area contributed by atoms with Crippen molar-refractivity contribution in [2.24, 2.45) is 0 Å². The van der Waals surface area contributed by atoms with Crippen LogP contribution in [0.15, 0.2) is 48.5 Å². The number of benzene rings is 2. The van der Waals surface area contributed by atoms with E-state index in [2.05, 4.69) is 5.32 Å². The van der Waals surface area contributed by atoms with Gasteiger partial charge in [0, 0.05) is 6.42 Å². The molecule has 0 aromatic heterocycles. The fourth-order valence-corrected chi connectivity index (χ4v) is 1.95. The van der Waals surface area contributed by atoms with Crippen LogP contribution >= 0.6 is 0 Å². The highest BCUT2D eigenvalue weighted by Crippen LogP contribution is 2.17. The van der Waals surface area contributed by atoms with E-state index >= 15 is 0 Å². The fraction of sp³-hybridized carbons (Fsp3) is 0.235. The van der Waals surface area contributed by atoms with Gasteiger partial charge in [0.25, 0.3) is 0 Å². The smallest absolute Gasteiger partial charge is 0.220 e. The number of phenols is 1. The molecular weight excluding hydrogens is 285 g/mol. The van der Waals surface area contributed by atoms with Crippen molar-refractivity contribution in [2.45, 2.75) is 12.8 Å². The van der Waals surface area contributed by atoms with Crippen LogP contribution in [-0.4, -0.2) is 24.2 Å². The topological polar surface area (TPSA) is 58.6 Å². The molecule has 0 bridgehead atoms. The SMILES string of the molecule is O=C(CCc1ccccc1O)NCCOc1ccc(F)cc1. The maximum Gasteiger partial charge on any atom is 0.220 e. The molecule has 1 amide bonds. The highest BCUT2D eigenvalue weighted by molar-refractivity contribution is 5.76. The number of ether oxygens (including phenoxy) is 1. The second kappa shape index (κ2) is 8.02. The van der Waals surface area contributed by atoms with Crippen LogP contribution in [0.1, 0.15) is 12.0 Å². The number of halogens is 1. The Bertz CT molecular complexity index is 614. The summed E-state index contributed by atoms with van der Waals surface area (Å²) in [6.07, 6.45) is 0.783. The summed E-state index contributed by atoms with van der Waals surface area (Å²) in [5, 5.41) is 12.3. The molecule has 0 heterocycles. The minimum atomic E-state index is -0.315. The van der Waals surface area contributed by atoms with E-state index in [4.69, 9.17) is 4.74 Å². The molecule has 2 aromatic rings. The van der Waals surface area contributed by atoms with Crippen molar-refractivity contribution in [1.82, 2.24) is 5.32 Å². The predicted octanol–water partition coefficient (Wildman–Crippen LogP) is 2.66. The van der Waals surface area contributed by atoms with Gasteiger partial charge in [-0.1, -0.05) is 18.2 Å². The Morgan fingerprint density at radius 3 is 2.59 bits per heavy atom. The maximum absolute atomic E-state index is 12.7. The summed E-state index contributed by atoms with van der Waals surface area (Å²) in [6, 6.07) is 12.7. The van der Waals surface area contributed by atoms with Crippen molar-refractivity contribution >= 4 is 5.91 Å². The van der Waals surface area contributed by atoms with E-state index in [9.17, 15) is 14.3 Å². The number of aryl methyl sites for hydroxylation is 1. The van der Waals surface area contributed by atoms with Crippen molar-refractivity contribution in [2.75, 3.05) is 13.2 Å². The van der Waals surface area contributed by atoms with Crippen LogP contribution in [0.25, 0.3) is 0 Å². The van der Waals surface area contributed by atoms with Gasteiger partial charge in [-0.15, -0.1) is 0 Å². The van der Waals surface area contributed by atoms with E-state index < -0.39 is 0 Å². The Labute approximate surface area is 128 Å². The second-order valence-electron chi connectivity index (χ2n) is 4.78. The third kappa shape index (κ3) is 5.09. The van der Waals surface area contributed by atoms with Gasteiger partial charge in [-0.3, -0.25) is 4.79 Å². The summed E-state index contributed by atoms with van der Waals surface area (Å²) in [4.78, 5) is 11.7. The summed E-state index contributed by atoms with van der Waals surface area (Å²) in [5.74, 6) is 0.343. The van der Waals surface area contributed by atoms with E-state index in [1.54, 1.807) is 18.2 Å². The molecule has 0 unspecified atom stereocenters. The first-order valence-electron chi connectivity index (χ1n) is 7.07. The standard InChI is InChI=1S/C17H18FNO3/c18-14-6-8-15(9-7-14)22-12-11-19-17(21)10-5-13-3-1-2-4-16(13)20/h1-4,6-9,20H,5,10-12H2,(H,19,21). The molecule has 0 spiro atoms. The molecule has 0 saturated heterocycles. The number of carbonyl (C=O) groups excluding carboxylic acids is 1. The first-order valence-corrected chi connectivity index (χ1v) is 7.07. The van der Waals surface area contributed by atoms with E-state index in [-0.39, 0.29) is 17.5 Å². The van der Waals surface area contributed by atoms with Crippen LogP contribution in [0.3, 0.4) is 0 Å². The van der Waals surface area contributed by atoms with Gasteiger partial charge in [0.2, 0.25) is 5.91 Å². The average molecular weight is 303 g/mol. The number of para-hydroxylation sites is 1. The number of nitrogens with one attached hydrogen (secondary N) is 1. The van der Waals surface area contributed by atoms with Crippen LogP contribution in [0.4, 0.5) is 4.39 Å². The summed E-state index contributed by atoms with van der Waals surface area (Å²) in [7, 11) is 0. The molecule has 4 nitrogen and oxygen atoms in total.